The van der Waals surface area contributed by atoms with Crippen molar-refractivity contribution < 1.29 is 9.84 Å². The molecule has 0 spiro atoms. The Bertz CT molecular complexity index is 450. The number of β-amino-alcohol motifs (C(OH)–C–C–N with tert-alkyl or cyclic N) is 1. The van der Waals surface area contributed by atoms with E-state index in [0.717, 1.165) is 38.4 Å². The maximum Gasteiger partial charge on any atom is 0.119 e. The zero-order valence-corrected chi connectivity index (χ0v) is 13.1. The van der Waals surface area contributed by atoms with E-state index in [4.69, 9.17) is 4.74 Å². The molecule has 112 valence electrons. The van der Waals surface area contributed by atoms with Crippen molar-refractivity contribution >= 4 is 0 Å². The van der Waals surface area contributed by atoms with Crippen LogP contribution in [0.1, 0.15) is 31.4 Å². The molecule has 0 atom stereocenters. The number of rotatable bonds is 6. The SMILES string of the molecule is Cc1ccc(OCCCN2CC(O)(C(C)C)C2)cc1C. The molecule has 2 rings (SSSR count). The van der Waals surface area contributed by atoms with E-state index in [0.29, 0.717) is 5.92 Å². The third kappa shape index (κ3) is 3.53. The number of aliphatic hydroxyl groups is 1. The second-order valence-corrected chi connectivity index (χ2v) is 6.42. The highest BCUT2D eigenvalue weighted by Crippen LogP contribution is 2.28. The number of benzene rings is 1. The number of likely N-dealkylation sites (tertiary alicyclic amines) is 1. The van der Waals surface area contributed by atoms with E-state index in [1.165, 1.54) is 11.1 Å². The molecule has 1 N–H and O–H groups in total. The lowest BCUT2D eigenvalue weighted by atomic mass is 9.83. The second kappa shape index (κ2) is 6.15. The summed E-state index contributed by atoms with van der Waals surface area (Å²) in [6.45, 7) is 11.7. The van der Waals surface area contributed by atoms with Gasteiger partial charge < -0.3 is 9.84 Å². The van der Waals surface area contributed by atoms with Gasteiger partial charge in [-0.15, -0.1) is 0 Å². The lowest BCUT2D eigenvalue weighted by Gasteiger charge is -2.49. The molecular weight excluding hydrogens is 250 g/mol. The van der Waals surface area contributed by atoms with E-state index in [2.05, 4.69) is 44.7 Å². The predicted octanol–water partition coefficient (Wildman–Crippen LogP) is 2.78. The monoisotopic (exact) mass is 277 g/mol. The topological polar surface area (TPSA) is 32.7 Å². The second-order valence-electron chi connectivity index (χ2n) is 6.42. The normalized spacial score (nSPS) is 18.1. The van der Waals surface area contributed by atoms with Gasteiger partial charge in [-0.25, -0.2) is 0 Å². The van der Waals surface area contributed by atoms with Gasteiger partial charge in [-0.1, -0.05) is 19.9 Å². The van der Waals surface area contributed by atoms with Crippen molar-refractivity contribution in [2.24, 2.45) is 5.92 Å². The van der Waals surface area contributed by atoms with E-state index < -0.39 is 5.60 Å². The minimum atomic E-state index is -0.463. The van der Waals surface area contributed by atoms with Gasteiger partial charge in [-0.05, 0) is 49.4 Å². The average molecular weight is 277 g/mol. The molecule has 1 heterocycles. The summed E-state index contributed by atoms with van der Waals surface area (Å²) in [4.78, 5) is 2.30. The molecule has 1 fully saturated rings. The molecule has 0 aromatic heterocycles. The van der Waals surface area contributed by atoms with Crippen LogP contribution in [0.4, 0.5) is 0 Å². The molecule has 1 aliphatic rings. The molecule has 0 saturated carbocycles. The fourth-order valence-electron chi connectivity index (χ4n) is 2.53. The Morgan fingerprint density at radius 3 is 2.55 bits per heavy atom. The Balaban J connectivity index is 1.64. The van der Waals surface area contributed by atoms with E-state index >= 15 is 0 Å². The van der Waals surface area contributed by atoms with Gasteiger partial charge in [0.15, 0.2) is 0 Å². The van der Waals surface area contributed by atoms with Crippen LogP contribution in [0.15, 0.2) is 18.2 Å². The molecule has 20 heavy (non-hydrogen) atoms. The van der Waals surface area contributed by atoms with Crippen LogP contribution in [0.2, 0.25) is 0 Å². The Hall–Kier alpha value is -1.06. The van der Waals surface area contributed by atoms with Crippen molar-refractivity contribution in [2.45, 2.75) is 39.7 Å². The van der Waals surface area contributed by atoms with Crippen LogP contribution in [0.25, 0.3) is 0 Å². The molecule has 1 aliphatic heterocycles. The zero-order chi connectivity index (χ0) is 14.8. The molecule has 0 unspecified atom stereocenters. The first kappa shape index (κ1) is 15.3. The lowest BCUT2D eigenvalue weighted by molar-refractivity contribution is -0.127. The summed E-state index contributed by atoms with van der Waals surface area (Å²) in [6, 6.07) is 6.23. The zero-order valence-electron chi connectivity index (χ0n) is 13.1. The van der Waals surface area contributed by atoms with Gasteiger partial charge in [-0.3, -0.25) is 4.90 Å². The van der Waals surface area contributed by atoms with Crippen molar-refractivity contribution in [1.82, 2.24) is 4.90 Å². The van der Waals surface area contributed by atoms with Crippen LogP contribution in [-0.4, -0.2) is 41.8 Å². The third-order valence-corrected chi connectivity index (χ3v) is 4.44. The van der Waals surface area contributed by atoms with Gasteiger partial charge in [0.1, 0.15) is 5.75 Å². The molecule has 0 aliphatic carbocycles. The van der Waals surface area contributed by atoms with Crippen molar-refractivity contribution in [3.63, 3.8) is 0 Å². The Morgan fingerprint density at radius 1 is 1.25 bits per heavy atom. The number of aryl methyl sites for hydroxylation is 2. The summed E-state index contributed by atoms with van der Waals surface area (Å²) in [5.74, 6) is 1.29. The summed E-state index contributed by atoms with van der Waals surface area (Å²) in [5.41, 5.74) is 2.10. The molecule has 1 saturated heterocycles. The fraction of sp³-hybridized carbons (Fsp3) is 0.647. The quantitative estimate of drug-likeness (QED) is 0.812. The molecule has 0 amide bonds. The first-order valence-electron chi connectivity index (χ1n) is 7.55. The summed E-state index contributed by atoms with van der Waals surface area (Å²) in [5, 5.41) is 10.2. The largest absolute Gasteiger partial charge is 0.494 e. The molecule has 1 aromatic carbocycles. The van der Waals surface area contributed by atoms with E-state index in [-0.39, 0.29) is 0 Å². The number of nitrogens with zero attached hydrogens (tertiary/aromatic N) is 1. The van der Waals surface area contributed by atoms with Gasteiger partial charge >= 0.3 is 0 Å². The van der Waals surface area contributed by atoms with Crippen molar-refractivity contribution in [1.29, 1.82) is 0 Å². The number of hydrogen-bond donors (Lipinski definition) is 1. The van der Waals surface area contributed by atoms with Crippen molar-refractivity contribution in [3.8, 4) is 5.75 Å². The minimum Gasteiger partial charge on any atom is -0.494 e. The first-order chi connectivity index (χ1) is 9.40. The van der Waals surface area contributed by atoms with Crippen LogP contribution in [0.5, 0.6) is 5.75 Å². The van der Waals surface area contributed by atoms with Gasteiger partial charge in [0.25, 0.3) is 0 Å². The summed E-state index contributed by atoms with van der Waals surface area (Å²) in [7, 11) is 0. The standard InChI is InChI=1S/C17H27NO2/c1-13(2)17(19)11-18(12-17)8-5-9-20-16-7-6-14(3)15(4)10-16/h6-7,10,13,19H,5,8-9,11-12H2,1-4H3. The van der Waals surface area contributed by atoms with E-state index in [9.17, 15) is 5.11 Å². The van der Waals surface area contributed by atoms with Crippen molar-refractivity contribution in [2.75, 3.05) is 26.2 Å². The van der Waals surface area contributed by atoms with Crippen LogP contribution in [-0.2, 0) is 0 Å². The Morgan fingerprint density at radius 2 is 1.95 bits per heavy atom. The summed E-state index contributed by atoms with van der Waals surface area (Å²) < 4.78 is 5.77. The number of hydrogen-bond acceptors (Lipinski definition) is 3. The maximum atomic E-state index is 10.2. The first-order valence-corrected chi connectivity index (χ1v) is 7.55. The molecule has 1 aromatic rings. The van der Waals surface area contributed by atoms with Gasteiger partial charge in [-0.2, -0.15) is 0 Å². The van der Waals surface area contributed by atoms with Crippen LogP contribution < -0.4 is 4.74 Å². The summed E-state index contributed by atoms with van der Waals surface area (Å²) >= 11 is 0. The van der Waals surface area contributed by atoms with Gasteiger partial charge in [0.2, 0.25) is 0 Å². The fourth-order valence-corrected chi connectivity index (χ4v) is 2.53. The molecule has 0 bridgehead atoms. The van der Waals surface area contributed by atoms with Crippen LogP contribution >= 0.6 is 0 Å². The van der Waals surface area contributed by atoms with Crippen LogP contribution in [0.3, 0.4) is 0 Å². The van der Waals surface area contributed by atoms with Crippen molar-refractivity contribution in [3.05, 3.63) is 29.3 Å². The highest BCUT2D eigenvalue weighted by Gasteiger charge is 2.42. The maximum absolute atomic E-state index is 10.2. The third-order valence-electron chi connectivity index (χ3n) is 4.44. The average Bonchev–Trinajstić information content (AvgIpc) is 2.35. The summed E-state index contributed by atoms with van der Waals surface area (Å²) in [6.07, 6.45) is 1.00. The Labute approximate surface area is 122 Å². The highest BCUT2D eigenvalue weighted by molar-refractivity contribution is 5.33. The molecule has 3 heteroatoms. The minimum absolute atomic E-state index is 0.338. The van der Waals surface area contributed by atoms with Gasteiger partial charge in [0, 0.05) is 19.6 Å². The predicted molar refractivity (Wildman–Crippen MR) is 82.3 cm³/mol. The van der Waals surface area contributed by atoms with Crippen LogP contribution in [0, 0.1) is 19.8 Å². The lowest BCUT2D eigenvalue weighted by Crippen LogP contribution is -2.64. The highest BCUT2D eigenvalue weighted by atomic mass is 16.5. The smallest absolute Gasteiger partial charge is 0.119 e. The molecule has 3 nitrogen and oxygen atoms in total. The van der Waals surface area contributed by atoms with E-state index in [1.807, 2.05) is 6.07 Å². The Kier molecular flexibility index (Phi) is 4.71. The van der Waals surface area contributed by atoms with E-state index in [1.54, 1.807) is 0 Å². The van der Waals surface area contributed by atoms with Gasteiger partial charge in [0.05, 0.1) is 12.2 Å². The molecule has 0 radical (unpaired) electrons. The molecular formula is C17H27NO2. The number of ether oxygens (including phenoxy) is 1.